The first kappa shape index (κ1) is 14.6. The van der Waals surface area contributed by atoms with Gasteiger partial charge in [-0.15, -0.1) is 0 Å². The number of rotatable bonds is 5. The van der Waals surface area contributed by atoms with Gasteiger partial charge in [0.1, 0.15) is 11.0 Å². The molecule has 6 nitrogen and oxygen atoms in total. The van der Waals surface area contributed by atoms with E-state index in [0.29, 0.717) is 6.54 Å². The first-order valence-corrected chi connectivity index (χ1v) is 6.87. The zero-order chi connectivity index (χ0) is 13.8. The highest BCUT2D eigenvalue weighted by Gasteiger charge is 2.21. The van der Waals surface area contributed by atoms with E-state index in [2.05, 4.69) is 9.71 Å². The maximum Gasteiger partial charge on any atom is 0.243 e. The van der Waals surface area contributed by atoms with Gasteiger partial charge >= 0.3 is 0 Å². The number of hydrogen-bond acceptors (Lipinski definition) is 5. The van der Waals surface area contributed by atoms with Crippen molar-refractivity contribution in [3.05, 3.63) is 24.0 Å². The average Bonchev–Trinajstić information content (AvgIpc) is 2.27. The van der Waals surface area contributed by atoms with Gasteiger partial charge in [-0.05, 0) is 33.2 Å². The number of pyridine rings is 1. The first-order valence-electron chi connectivity index (χ1n) is 5.39. The second kappa shape index (κ2) is 5.91. The molecule has 0 saturated heterocycles. The minimum Gasteiger partial charge on any atom is -0.308 e. The molecule has 7 heteroatoms. The minimum atomic E-state index is -3.71. The average molecular weight is 268 g/mol. The molecule has 0 aliphatic heterocycles. The lowest BCUT2D eigenvalue weighted by Crippen LogP contribution is -2.39. The van der Waals surface area contributed by atoms with Gasteiger partial charge in [-0.3, -0.25) is 0 Å². The molecular formula is C11H16N4O2S. The van der Waals surface area contributed by atoms with E-state index >= 15 is 0 Å². The van der Waals surface area contributed by atoms with E-state index < -0.39 is 10.0 Å². The fourth-order valence-electron chi connectivity index (χ4n) is 1.60. The zero-order valence-electron chi connectivity index (χ0n) is 10.6. The summed E-state index contributed by atoms with van der Waals surface area (Å²) in [4.78, 5) is 5.53. The molecular weight excluding hydrogens is 252 g/mol. The molecule has 98 valence electrons. The normalized spacial score (nSPS) is 13.3. The maximum atomic E-state index is 12.1. The summed E-state index contributed by atoms with van der Waals surface area (Å²) in [6.07, 6.45) is 1.39. The second-order valence-corrected chi connectivity index (χ2v) is 5.93. The SMILES string of the molecule is CC(CN(C)C)NS(=O)(=O)c1cccnc1C#N. The molecule has 0 aliphatic rings. The van der Waals surface area contributed by atoms with Gasteiger partial charge in [0.2, 0.25) is 10.0 Å². The van der Waals surface area contributed by atoms with E-state index in [4.69, 9.17) is 5.26 Å². The maximum absolute atomic E-state index is 12.1. The number of nitrogens with one attached hydrogen (secondary N) is 1. The summed E-state index contributed by atoms with van der Waals surface area (Å²) in [5.74, 6) is 0. The zero-order valence-corrected chi connectivity index (χ0v) is 11.4. The summed E-state index contributed by atoms with van der Waals surface area (Å²) in [6, 6.07) is 4.39. The number of nitrogens with zero attached hydrogens (tertiary/aromatic N) is 3. The topological polar surface area (TPSA) is 86.1 Å². The Morgan fingerprint density at radius 1 is 1.56 bits per heavy atom. The van der Waals surface area contributed by atoms with Crippen molar-refractivity contribution in [2.75, 3.05) is 20.6 Å². The molecule has 1 N–H and O–H groups in total. The molecule has 18 heavy (non-hydrogen) atoms. The first-order chi connectivity index (χ1) is 8.36. The van der Waals surface area contributed by atoms with Crippen LogP contribution in [0.2, 0.25) is 0 Å². The Balaban J connectivity index is 2.97. The van der Waals surface area contributed by atoms with Crippen molar-refractivity contribution in [2.45, 2.75) is 17.9 Å². The Morgan fingerprint density at radius 3 is 2.78 bits per heavy atom. The molecule has 0 aromatic carbocycles. The third-order valence-corrected chi connectivity index (χ3v) is 3.78. The Labute approximate surface area is 107 Å². The molecule has 1 aromatic rings. The van der Waals surface area contributed by atoms with Crippen LogP contribution >= 0.6 is 0 Å². The molecule has 0 saturated carbocycles. The molecule has 1 rings (SSSR count). The predicted molar refractivity (Wildman–Crippen MR) is 67.3 cm³/mol. The number of nitriles is 1. The summed E-state index contributed by atoms with van der Waals surface area (Å²) < 4.78 is 26.7. The van der Waals surface area contributed by atoms with Crippen LogP contribution < -0.4 is 4.72 Å². The molecule has 0 spiro atoms. The van der Waals surface area contributed by atoms with Crippen molar-refractivity contribution < 1.29 is 8.42 Å². The Bertz CT molecular complexity index is 548. The highest BCUT2D eigenvalue weighted by molar-refractivity contribution is 7.89. The molecule has 0 bridgehead atoms. The second-order valence-electron chi connectivity index (χ2n) is 4.25. The van der Waals surface area contributed by atoms with E-state index in [1.807, 2.05) is 19.0 Å². The molecule has 0 aliphatic carbocycles. The van der Waals surface area contributed by atoms with E-state index in [1.54, 1.807) is 13.0 Å². The summed E-state index contributed by atoms with van der Waals surface area (Å²) >= 11 is 0. The van der Waals surface area contributed by atoms with E-state index in [0.717, 1.165) is 0 Å². The lowest BCUT2D eigenvalue weighted by Gasteiger charge is -2.18. The smallest absolute Gasteiger partial charge is 0.243 e. The van der Waals surface area contributed by atoms with Gasteiger partial charge in [-0.2, -0.15) is 5.26 Å². The van der Waals surface area contributed by atoms with Crippen LogP contribution in [0.25, 0.3) is 0 Å². The Morgan fingerprint density at radius 2 is 2.22 bits per heavy atom. The lowest BCUT2D eigenvalue weighted by atomic mass is 10.3. The highest BCUT2D eigenvalue weighted by Crippen LogP contribution is 2.12. The summed E-state index contributed by atoms with van der Waals surface area (Å²) in [5, 5.41) is 8.85. The van der Waals surface area contributed by atoms with E-state index in [-0.39, 0.29) is 16.6 Å². The summed E-state index contributed by atoms with van der Waals surface area (Å²) in [5.41, 5.74) is -0.0953. The molecule has 1 heterocycles. The molecule has 1 unspecified atom stereocenters. The number of aromatic nitrogens is 1. The molecule has 1 aromatic heterocycles. The molecule has 1 atom stereocenters. The van der Waals surface area contributed by atoms with E-state index in [1.165, 1.54) is 18.3 Å². The number of hydrogen-bond donors (Lipinski definition) is 1. The Hall–Kier alpha value is -1.49. The van der Waals surface area contributed by atoms with Gasteiger partial charge in [0.25, 0.3) is 0 Å². The summed E-state index contributed by atoms with van der Waals surface area (Å²) in [7, 11) is 0.00389. The quantitative estimate of drug-likeness (QED) is 0.823. The van der Waals surface area contributed by atoms with Crippen molar-refractivity contribution in [1.82, 2.24) is 14.6 Å². The van der Waals surface area contributed by atoms with Gasteiger partial charge in [0.15, 0.2) is 5.69 Å². The van der Waals surface area contributed by atoms with Crippen LogP contribution in [0.5, 0.6) is 0 Å². The van der Waals surface area contributed by atoms with Gasteiger partial charge in [0.05, 0.1) is 0 Å². The minimum absolute atomic E-state index is 0.0851. The summed E-state index contributed by atoms with van der Waals surface area (Å²) in [6.45, 7) is 2.33. The molecule has 0 radical (unpaired) electrons. The van der Waals surface area contributed by atoms with Gasteiger partial charge in [0, 0.05) is 18.8 Å². The molecule has 0 amide bonds. The fraction of sp³-hybridized carbons (Fsp3) is 0.455. The van der Waals surface area contributed by atoms with Crippen molar-refractivity contribution >= 4 is 10.0 Å². The third-order valence-electron chi connectivity index (χ3n) is 2.16. The number of sulfonamides is 1. The van der Waals surface area contributed by atoms with Crippen LogP contribution in [0.4, 0.5) is 0 Å². The lowest BCUT2D eigenvalue weighted by molar-refractivity contribution is 0.370. The van der Waals surface area contributed by atoms with Crippen molar-refractivity contribution in [3.8, 4) is 6.07 Å². The van der Waals surface area contributed by atoms with E-state index in [9.17, 15) is 8.42 Å². The Kier molecular flexibility index (Phi) is 4.78. The largest absolute Gasteiger partial charge is 0.308 e. The van der Waals surface area contributed by atoms with Crippen LogP contribution in [0.3, 0.4) is 0 Å². The molecule has 0 fully saturated rings. The fourth-order valence-corrected chi connectivity index (χ4v) is 2.95. The van der Waals surface area contributed by atoms with Crippen LogP contribution in [-0.4, -0.2) is 45.0 Å². The van der Waals surface area contributed by atoms with Crippen LogP contribution in [-0.2, 0) is 10.0 Å². The van der Waals surface area contributed by atoms with Crippen LogP contribution in [0, 0.1) is 11.3 Å². The monoisotopic (exact) mass is 268 g/mol. The number of likely N-dealkylation sites (N-methyl/N-ethyl adjacent to an activating group) is 1. The third kappa shape index (κ3) is 3.77. The predicted octanol–water partition coefficient (Wildman–Crippen LogP) is 0.182. The van der Waals surface area contributed by atoms with Gasteiger partial charge < -0.3 is 4.90 Å². The standard InChI is InChI=1S/C11H16N4O2S/c1-9(8-15(2)3)14-18(16,17)11-5-4-6-13-10(11)7-12/h4-6,9,14H,8H2,1-3H3. The van der Waals surface area contributed by atoms with Crippen LogP contribution in [0.15, 0.2) is 23.2 Å². The van der Waals surface area contributed by atoms with Crippen molar-refractivity contribution in [2.24, 2.45) is 0 Å². The van der Waals surface area contributed by atoms with Crippen LogP contribution in [0.1, 0.15) is 12.6 Å². The van der Waals surface area contributed by atoms with Crippen molar-refractivity contribution in [3.63, 3.8) is 0 Å². The van der Waals surface area contributed by atoms with Gasteiger partial charge in [-0.1, -0.05) is 0 Å². The highest BCUT2D eigenvalue weighted by atomic mass is 32.2. The van der Waals surface area contributed by atoms with Gasteiger partial charge in [-0.25, -0.2) is 18.1 Å². The van der Waals surface area contributed by atoms with Crippen molar-refractivity contribution in [1.29, 1.82) is 5.26 Å².